The third-order valence-corrected chi connectivity index (χ3v) is 9.23. The fourth-order valence-electron chi connectivity index (χ4n) is 7.23. The van der Waals surface area contributed by atoms with Gasteiger partial charge in [-0.2, -0.15) is 4.98 Å². The number of aromatic nitrogens is 3. The molecule has 0 spiro atoms. The Hall–Kier alpha value is -4.24. The van der Waals surface area contributed by atoms with Crippen molar-refractivity contribution in [3.05, 3.63) is 78.3 Å². The monoisotopic (exact) mass is 563 g/mol. The molecule has 5 atom stereocenters. The van der Waals surface area contributed by atoms with E-state index in [0.29, 0.717) is 41.4 Å². The number of nitrogens with two attached hydrogens (primary N) is 1. The number of rotatable bonds is 8. The van der Waals surface area contributed by atoms with Crippen LogP contribution in [-0.4, -0.2) is 51.7 Å². The van der Waals surface area contributed by atoms with E-state index in [1.165, 1.54) is 31.4 Å². The van der Waals surface area contributed by atoms with Gasteiger partial charge in [0.15, 0.2) is 0 Å². The van der Waals surface area contributed by atoms with Crippen molar-refractivity contribution in [3.63, 3.8) is 0 Å². The van der Waals surface area contributed by atoms with Crippen LogP contribution < -0.4 is 21.3 Å². The Bertz CT molecular complexity index is 1570. The largest absolute Gasteiger partial charge is 0.367 e. The number of fused-ring (bicyclic) bond motifs is 2. The average Bonchev–Trinajstić information content (AvgIpc) is 3.75. The molecule has 3 fully saturated rings. The summed E-state index contributed by atoms with van der Waals surface area (Å²) in [6.45, 7) is 2.93. The average molecular weight is 564 g/mol. The summed E-state index contributed by atoms with van der Waals surface area (Å²) in [6, 6.07) is 21.7. The topological polar surface area (TPSA) is 122 Å². The number of pyridine rings is 1. The number of carbonyl (C=O) groups excluding carboxylic acids is 1. The highest BCUT2D eigenvalue weighted by Gasteiger charge is 2.46. The minimum atomic E-state index is -0.421. The van der Waals surface area contributed by atoms with Crippen LogP contribution in [0.1, 0.15) is 54.8 Å². The van der Waals surface area contributed by atoms with E-state index in [-0.39, 0.29) is 0 Å². The van der Waals surface area contributed by atoms with E-state index in [1.54, 1.807) is 6.07 Å². The van der Waals surface area contributed by atoms with Gasteiger partial charge in [0.1, 0.15) is 5.82 Å². The Labute approximate surface area is 245 Å². The van der Waals surface area contributed by atoms with Crippen LogP contribution >= 0.6 is 0 Å². The highest BCUT2D eigenvalue weighted by Crippen LogP contribution is 2.41. The van der Waals surface area contributed by atoms with E-state index in [4.69, 9.17) is 10.3 Å². The van der Waals surface area contributed by atoms with E-state index in [1.807, 2.05) is 37.4 Å². The van der Waals surface area contributed by atoms with Gasteiger partial charge in [-0.25, -0.2) is 4.98 Å². The Morgan fingerprint density at radius 3 is 2.52 bits per heavy atom. The van der Waals surface area contributed by atoms with Crippen molar-refractivity contribution in [2.24, 2.45) is 11.7 Å². The molecule has 216 valence electrons. The molecule has 1 amide bonds. The van der Waals surface area contributed by atoms with E-state index in [2.05, 4.69) is 61.0 Å². The number of benzene rings is 2. The Kier molecular flexibility index (Phi) is 7.11. The van der Waals surface area contributed by atoms with Gasteiger partial charge in [-0.05, 0) is 91.3 Å². The number of carbonyl (C=O) groups is 1. The summed E-state index contributed by atoms with van der Waals surface area (Å²) in [6.07, 6.45) is 9.03. The Morgan fingerprint density at radius 1 is 0.952 bits per heavy atom. The summed E-state index contributed by atoms with van der Waals surface area (Å²) in [5, 5.41) is 11.9. The van der Waals surface area contributed by atoms with Crippen molar-refractivity contribution in [1.82, 2.24) is 20.4 Å². The molecular weight excluding hydrogens is 526 g/mol. The maximum absolute atomic E-state index is 11.7. The lowest BCUT2D eigenvalue weighted by Crippen LogP contribution is -2.56. The number of nitrogens with one attached hydrogen (secondary N) is 2. The third kappa shape index (κ3) is 5.36. The molecule has 0 radical (unpaired) electrons. The number of amides is 1. The molecule has 3 aliphatic rings. The molecule has 3 heterocycles. The molecule has 2 bridgehead atoms. The van der Waals surface area contributed by atoms with Crippen molar-refractivity contribution < 1.29 is 9.32 Å². The highest BCUT2D eigenvalue weighted by atomic mass is 16.5. The second kappa shape index (κ2) is 11.2. The first kappa shape index (κ1) is 26.6. The standard InChI is InChI=1S/C33H37N7O2/c1-20-36-33(39-42-20)22-9-11-26(12-10-22)40-19-21-15-29(30(40)16-21)37-27-7-2-3-8-28(27)38-31-18-24(13-14-35-31)23-5-4-6-25(17-23)32(34)41/h4-6,9-14,17-18,21,27-30,37H,2-3,7-8,15-16,19H2,1H3,(H2,34,41)(H,35,38)/t21-,27-,28-,29+,30-/m1/s1. The summed E-state index contributed by atoms with van der Waals surface area (Å²) >= 11 is 0. The SMILES string of the molecule is Cc1nc(-c2ccc(N3C[C@@H]4C[C@H](N[C@@H]5CCCC[C@H]5Nc5cc(-c6cccc(C(N)=O)c6)ccn5)[C@H]3C4)cc2)no1. The third-order valence-electron chi connectivity index (χ3n) is 9.23. The van der Waals surface area contributed by atoms with Crippen LogP contribution in [0.15, 0.2) is 71.4 Å². The van der Waals surface area contributed by atoms with Crippen LogP contribution in [0.2, 0.25) is 0 Å². The van der Waals surface area contributed by atoms with E-state index >= 15 is 0 Å². The van der Waals surface area contributed by atoms with Crippen LogP contribution in [0.3, 0.4) is 0 Å². The van der Waals surface area contributed by atoms with Crippen molar-refractivity contribution in [2.75, 3.05) is 16.8 Å². The fourth-order valence-corrected chi connectivity index (χ4v) is 7.23. The second-order valence-electron chi connectivity index (χ2n) is 12.0. The first-order valence-corrected chi connectivity index (χ1v) is 15.1. The van der Waals surface area contributed by atoms with Gasteiger partial charge in [0, 0.05) is 60.6 Å². The van der Waals surface area contributed by atoms with Crippen LogP contribution in [0, 0.1) is 12.8 Å². The van der Waals surface area contributed by atoms with Crippen molar-refractivity contribution in [1.29, 1.82) is 0 Å². The van der Waals surface area contributed by atoms with Crippen molar-refractivity contribution in [3.8, 4) is 22.5 Å². The van der Waals surface area contributed by atoms with Gasteiger partial charge < -0.3 is 25.8 Å². The summed E-state index contributed by atoms with van der Waals surface area (Å²) < 4.78 is 5.16. The number of hydrogen-bond acceptors (Lipinski definition) is 8. The molecule has 7 rings (SSSR count). The molecule has 4 aromatic rings. The lowest BCUT2D eigenvalue weighted by molar-refractivity contribution is 0.100. The van der Waals surface area contributed by atoms with Gasteiger partial charge >= 0.3 is 0 Å². The molecule has 9 nitrogen and oxygen atoms in total. The molecule has 0 unspecified atom stereocenters. The quantitative estimate of drug-likeness (QED) is 0.268. The van der Waals surface area contributed by atoms with Gasteiger partial charge in [-0.1, -0.05) is 30.1 Å². The molecule has 2 saturated carbocycles. The molecule has 4 N–H and O–H groups in total. The lowest BCUT2D eigenvalue weighted by atomic mass is 9.89. The number of primary amides is 1. The minimum absolute atomic E-state index is 0.309. The molecule has 42 heavy (non-hydrogen) atoms. The van der Waals surface area contributed by atoms with Crippen molar-refractivity contribution >= 4 is 17.4 Å². The maximum atomic E-state index is 11.7. The summed E-state index contributed by atoms with van der Waals surface area (Å²) in [5.41, 5.74) is 10.2. The zero-order valence-corrected chi connectivity index (χ0v) is 23.9. The molecule has 2 aromatic heterocycles. The van der Waals surface area contributed by atoms with Gasteiger partial charge in [-0.15, -0.1) is 0 Å². The first-order chi connectivity index (χ1) is 20.5. The summed E-state index contributed by atoms with van der Waals surface area (Å²) in [5.74, 6) is 2.37. The fraction of sp³-hybridized carbons (Fsp3) is 0.394. The Balaban J connectivity index is 1.03. The molecule has 2 aromatic carbocycles. The first-order valence-electron chi connectivity index (χ1n) is 15.1. The van der Waals surface area contributed by atoms with E-state index in [9.17, 15) is 4.79 Å². The number of nitrogens with zero attached hydrogens (tertiary/aromatic N) is 4. The van der Waals surface area contributed by atoms with Crippen LogP contribution in [0.4, 0.5) is 11.5 Å². The summed E-state index contributed by atoms with van der Waals surface area (Å²) in [7, 11) is 0. The normalized spacial score (nSPS) is 25.1. The molecule has 1 saturated heterocycles. The molecular formula is C33H37N7O2. The Morgan fingerprint density at radius 2 is 1.76 bits per heavy atom. The lowest BCUT2D eigenvalue weighted by Gasteiger charge is -2.41. The van der Waals surface area contributed by atoms with Crippen LogP contribution in [-0.2, 0) is 0 Å². The predicted molar refractivity (Wildman–Crippen MR) is 163 cm³/mol. The highest BCUT2D eigenvalue weighted by molar-refractivity contribution is 5.94. The number of hydrogen-bond donors (Lipinski definition) is 3. The van der Waals surface area contributed by atoms with Gasteiger partial charge in [0.25, 0.3) is 0 Å². The second-order valence-corrected chi connectivity index (χ2v) is 12.0. The van der Waals surface area contributed by atoms with E-state index < -0.39 is 5.91 Å². The smallest absolute Gasteiger partial charge is 0.248 e. The zero-order valence-electron chi connectivity index (χ0n) is 23.9. The molecule has 2 aliphatic carbocycles. The minimum Gasteiger partial charge on any atom is -0.367 e. The predicted octanol–water partition coefficient (Wildman–Crippen LogP) is 5.19. The van der Waals surface area contributed by atoms with E-state index in [0.717, 1.165) is 47.8 Å². The van der Waals surface area contributed by atoms with Crippen molar-refractivity contribution in [2.45, 2.75) is 69.6 Å². The van der Waals surface area contributed by atoms with Gasteiger partial charge in [-0.3, -0.25) is 4.79 Å². The van der Waals surface area contributed by atoms with Gasteiger partial charge in [0.05, 0.1) is 0 Å². The van der Waals surface area contributed by atoms with Crippen LogP contribution in [0.5, 0.6) is 0 Å². The number of aryl methyl sites for hydroxylation is 1. The van der Waals surface area contributed by atoms with Crippen LogP contribution in [0.25, 0.3) is 22.5 Å². The summed E-state index contributed by atoms with van der Waals surface area (Å²) in [4.78, 5) is 23.3. The maximum Gasteiger partial charge on any atom is 0.248 e. The van der Waals surface area contributed by atoms with Gasteiger partial charge in [0.2, 0.25) is 17.6 Å². The zero-order chi connectivity index (χ0) is 28.6. The molecule has 1 aliphatic heterocycles. The number of anilines is 2. The molecule has 9 heteroatoms. The number of piperidine rings is 1.